The van der Waals surface area contributed by atoms with Crippen molar-refractivity contribution in [1.29, 1.82) is 0 Å². The number of carbonyl (C=O) groups is 1. The minimum Gasteiger partial charge on any atom is -0.469 e. The molecular weight excluding hydrogens is 496 g/mol. The van der Waals surface area contributed by atoms with Crippen LogP contribution >= 0.6 is 0 Å². The maximum Gasteiger partial charge on any atom is 0.305 e. The van der Waals surface area contributed by atoms with Gasteiger partial charge in [0.1, 0.15) is 0 Å². The van der Waals surface area contributed by atoms with E-state index in [1.54, 1.807) is 0 Å². The lowest BCUT2D eigenvalue weighted by Crippen LogP contribution is -2.09. The number of esters is 1. The summed E-state index contributed by atoms with van der Waals surface area (Å²) in [5.74, 6) is 0.115. The Morgan fingerprint density at radius 3 is 2.52 bits per heavy atom. The minimum atomic E-state index is -0.179. The van der Waals surface area contributed by atoms with Crippen molar-refractivity contribution >= 4 is 45.3 Å². The summed E-state index contributed by atoms with van der Waals surface area (Å²) in [6.45, 7) is 15.1. The highest BCUT2D eigenvalue weighted by Crippen LogP contribution is 2.47. The van der Waals surface area contributed by atoms with E-state index < -0.39 is 0 Å². The van der Waals surface area contributed by atoms with E-state index in [0.29, 0.717) is 12.8 Å². The van der Waals surface area contributed by atoms with Gasteiger partial charge in [-0.3, -0.25) is 9.78 Å². The summed E-state index contributed by atoms with van der Waals surface area (Å²) in [5, 5.41) is 0. The molecule has 0 radical (unpaired) electrons. The highest BCUT2D eigenvalue weighted by molar-refractivity contribution is 5.95. The summed E-state index contributed by atoms with van der Waals surface area (Å²) >= 11 is 0. The maximum atomic E-state index is 12.2. The molecule has 2 aliphatic heterocycles. The third-order valence-electron chi connectivity index (χ3n) is 9.37. The molecule has 206 valence electrons. The van der Waals surface area contributed by atoms with Gasteiger partial charge in [0.05, 0.1) is 18.5 Å². The van der Waals surface area contributed by atoms with E-state index >= 15 is 0 Å². The molecule has 6 heteroatoms. The molecule has 2 atom stereocenters. The molecule has 40 heavy (non-hydrogen) atoms. The first-order valence-corrected chi connectivity index (χ1v) is 14.4. The first kappa shape index (κ1) is 26.3. The van der Waals surface area contributed by atoms with Crippen molar-refractivity contribution in [3.63, 3.8) is 0 Å². The molecule has 0 fully saturated rings. The lowest BCUT2D eigenvalue weighted by molar-refractivity contribution is -0.140. The van der Waals surface area contributed by atoms with Gasteiger partial charge in [-0.2, -0.15) is 0 Å². The van der Waals surface area contributed by atoms with Crippen molar-refractivity contribution in [3.05, 3.63) is 75.4 Å². The number of ether oxygens (including phenoxy) is 1. The van der Waals surface area contributed by atoms with E-state index in [0.717, 1.165) is 75.2 Å². The van der Waals surface area contributed by atoms with Gasteiger partial charge in [-0.15, -0.1) is 0 Å². The van der Waals surface area contributed by atoms with Gasteiger partial charge in [0.2, 0.25) is 0 Å². The Hall–Kier alpha value is -3.93. The van der Waals surface area contributed by atoms with E-state index in [4.69, 9.17) is 14.7 Å². The highest BCUT2D eigenvalue weighted by Gasteiger charge is 2.35. The number of carbonyl (C=O) groups excluding carboxylic acids is 1. The first-order valence-electron chi connectivity index (χ1n) is 14.4. The molecular formula is C34H38N4O2. The molecule has 0 amide bonds. The molecule has 0 aromatic carbocycles. The molecule has 3 aromatic heterocycles. The molecule has 8 bridgehead atoms. The zero-order valence-corrected chi connectivity index (χ0v) is 24.4. The van der Waals surface area contributed by atoms with Gasteiger partial charge in [-0.1, -0.05) is 26.5 Å². The van der Waals surface area contributed by atoms with Crippen LogP contribution in [0, 0.1) is 13.8 Å². The Kier molecular flexibility index (Phi) is 6.52. The smallest absolute Gasteiger partial charge is 0.305 e. The number of nitrogens with zero attached hydrogens (tertiary/aromatic N) is 2. The van der Waals surface area contributed by atoms with Gasteiger partial charge in [-0.05, 0) is 92.5 Å². The molecule has 0 saturated heterocycles. The third-order valence-corrected chi connectivity index (χ3v) is 9.37. The molecule has 5 heterocycles. The van der Waals surface area contributed by atoms with E-state index in [2.05, 4.69) is 69.4 Å². The molecule has 6 nitrogen and oxygen atoms in total. The predicted octanol–water partition coefficient (Wildman–Crippen LogP) is 7.85. The van der Waals surface area contributed by atoms with Gasteiger partial charge < -0.3 is 14.7 Å². The Morgan fingerprint density at radius 2 is 1.80 bits per heavy atom. The number of methoxy groups -OCH3 is 1. The van der Waals surface area contributed by atoms with Crippen LogP contribution in [0.5, 0.6) is 0 Å². The van der Waals surface area contributed by atoms with Crippen LogP contribution < -0.4 is 0 Å². The second-order valence-corrected chi connectivity index (χ2v) is 11.4. The largest absolute Gasteiger partial charge is 0.469 e. The highest BCUT2D eigenvalue weighted by atomic mass is 16.5. The van der Waals surface area contributed by atoms with Crippen LogP contribution in [-0.4, -0.2) is 33.0 Å². The SMILES string of the molecule is C=Cc1c(C)c2cc3nc(c4c5nc(cc6[nH]c(cc1[nH]2)c(C)c6CC)C(C)=C5CC4)[C@@H](CCC(=O)OC)[C@@H]3C. The van der Waals surface area contributed by atoms with Crippen molar-refractivity contribution in [2.24, 2.45) is 0 Å². The van der Waals surface area contributed by atoms with Gasteiger partial charge in [-0.25, -0.2) is 4.98 Å². The van der Waals surface area contributed by atoms with Crippen LogP contribution in [0.15, 0.2) is 24.8 Å². The number of hydrogen-bond acceptors (Lipinski definition) is 4. The number of nitrogens with one attached hydrogen (secondary N) is 2. The zero-order valence-electron chi connectivity index (χ0n) is 24.4. The second-order valence-electron chi connectivity index (χ2n) is 11.4. The summed E-state index contributed by atoms with van der Waals surface area (Å²) < 4.78 is 4.99. The average molecular weight is 535 g/mol. The van der Waals surface area contributed by atoms with Crippen molar-refractivity contribution in [2.75, 3.05) is 7.11 Å². The molecule has 1 aliphatic carbocycles. The number of aryl methyl sites for hydroxylation is 3. The number of fused-ring (bicyclic) bond motifs is 8. The van der Waals surface area contributed by atoms with Crippen LogP contribution in [-0.2, 0) is 22.4 Å². The number of H-pyrrole nitrogens is 2. The van der Waals surface area contributed by atoms with Crippen molar-refractivity contribution < 1.29 is 9.53 Å². The number of hydrogen-bond donors (Lipinski definition) is 2. The fourth-order valence-electron chi connectivity index (χ4n) is 6.91. The minimum absolute atomic E-state index is 0.131. The molecule has 0 spiro atoms. The van der Waals surface area contributed by atoms with Gasteiger partial charge in [0, 0.05) is 62.8 Å². The normalized spacial score (nSPS) is 17.9. The third kappa shape index (κ3) is 4.04. The first-order chi connectivity index (χ1) is 19.2. The molecule has 3 aliphatic rings. The van der Waals surface area contributed by atoms with Crippen LogP contribution in [0.2, 0.25) is 0 Å². The fraction of sp³-hybridized carbons (Fsp3) is 0.382. The molecule has 6 rings (SSSR count). The topological polar surface area (TPSA) is 83.7 Å². The quantitative estimate of drug-likeness (QED) is 0.326. The van der Waals surface area contributed by atoms with E-state index in [9.17, 15) is 4.79 Å². The van der Waals surface area contributed by atoms with Crippen LogP contribution in [0.25, 0.3) is 39.3 Å². The van der Waals surface area contributed by atoms with E-state index in [1.165, 1.54) is 34.9 Å². The van der Waals surface area contributed by atoms with Gasteiger partial charge in [0.25, 0.3) is 0 Å². The molecule has 0 unspecified atom stereocenters. The second kappa shape index (κ2) is 9.92. The number of aromatic nitrogens is 4. The lowest BCUT2D eigenvalue weighted by Gasteiger charge is -2.16. The molecule has 3 aromatic rings. The monoisotopic (exact) mass is 534 g/mol. The molecule has 2 N–H and O–H groups in total. The van der Waals surface area contributed by atoms with Crippen LogP contribution in [0.4, 0.5) is 0 Å². The average Bonchev–Trinajstić information content (AvgIpc) is 3.70. The maximum absolute atomic E-state index is 12.2. The lowest BCUT2D eigenvalue weighted by atomic mass is 9.85. The Labute approximate surface area is 235 Å². The summed E-state index contributed by atoms with van der Waals surface area (Å²) in [5.41, 5.74) is 17.2. The van der Waals surface area contributed by atoms with Gasteiger partial charge in [0.15, 0.2) is 0 Å². The Morgan fingerprint density at radius 1 is 1.05 bits per heavy atom. The summed E-state index contributed by atoms with van der Waals surface area (Å²) in [6, 6.07) is 6.62. The number of rotatable bonds is 5. The number of aromatic amines is 2. The Balaban J connectivity index is 1.73. The van der Waals surface area contributed by atoms with Crippen LogP contribution in [0.1, 0.15) is 102 Å². The summed E-state index contributed by atoms with van der Waals surface area (Å²) in [4.78, 5) is 30.1. The fourth-order valence-corrected chi connectivity index (χ4v) is 6.91. The van der Waals surface area contributed by atoms with Crippen LogP contribution in [0.3, 0.4) is 0 Å². The van der Waals surface area contributed by atoms with E-state index in [1.807, 2.05) is 6.08 Å². The summed E-state index contributed by atoms with van der Waals surface area (Å²) in [6.07, 6.45) is 5.84. The summed E-state index contributed by atoms with van der Waals surface area (Å²) in [7, 11) is 1.46. The van der Waals surface area contributed by atoms with E-state index in [-0.39, 0.29) is 17.8 Å². The van der Waals surface area contributed by atoms with Crippen molar-refractivity contribution in [2.45, 2.75) is 78.6 Å². The Bertz CT molecular complexity index is 1770. The standard InChI is InChI=1S/C34H38N4O2/c1-8-21-17(3)26-14-28-20(6)24(12-13-32(39)40-7)34(37-28)25-11-10-23-19(5)29(38-33(23)25)16-31-22(9-2)18(4)27(36-31)15-30(21)35-26/h8,14-16,20,24,35-36H,1,9-13H2,2-7H3/t20-,24-/m0/s1. The molecule has 0 saturated carbocycles. The van der Waals surface area contributed by atoms with Crippen molar-refractivity contribution in [3.8, 4) is 0 Å². The zero-order chi connectivity index (χ0) is 28.3. The van der Waals surface area contributed by atoms with Crippen molar-refractivity contribution in [1.82, 2.24) is 19.9 Å². The van der Waals surface area contributed by atoms with Gasteiger partial charge >= 0.3 is 5.97 Å². The number of allylic oxidation sites excluding steroid dienone is 2. The predicted molar refractivity (Wildman–Crippen MR) is 163 cm³/mol.